The number of rotatable bonds is 4. The molecule has 0 radical (unpaired) electrons. The van der Waals surface area contributed by atoms with E-state index in [0.29, 0.717) is 13.2 Å². The third-order valence-corrected chi connectivity index (χ3v) is 3.03. The van der Waals surface area contributed by atoms with Crippen LogP contribution < -0.4 is 0 Å². The molecule has 1 heterocycles. The minimum absolute atomic E-state index is 0.516. The van der Waals surface area contributed by atoms with E-state index in [1.54, 1.807) is 0 Å². The normalized spacial score (nSPS) is 25.7. The van der Waals surface area contributed by atoms with Gasteiger partial charge in [-0.15, -0.1) is 0 Å². The van der Waals surface area contributed by atoms with Gasteiger partial charge in [0.2, 0.25) is 0 Å². The van der Waals surface area contributed by atoms with Gasteiger partial charge in [0.15, 0.2) is 0 Å². The Hall–Kier alpha value is -0.860. The Labute approximate surface area is 90.9 Å². The monoisotopic (exact) mass is 206 g/mol. The van der Waals surface area contributed by atoms with Crippen molar-refractivity contribution < 1.29 is 9.84 Å². The number of hydrogen-bond acceptors (Lipinski definition) is 2. The standard InChI is InChI=1S/C13H18O2/c14-13(9-10-15-11-13)8-4-7-12-5-2-1-3-6-12/h1-3,5-6,14H,4,7-11H2. The first-order valence-corrected chi connectivity index (χ1v) is 5.63. The molecule has 15 heavy (non-hydrogen) atoms. The second-order valence-electron chi connectivity index (χ2n) is 4.37. The minimum atomic E-state index is -0.547. The molecule has 0 aromatic heterocycles. The van der Waals surface area contributed by atoms with Crippen molar-refractivity contribution in [2.45, 2.75) is 31.3 Å². The Morgan fingerprint density at radius 3 is 2.73 bits per heavy atom. The van der Waals surface area contributed by atoms with Gasteiger partial charge in [-0.2, -0.15) is 0 Å². The van der Waals surface area contributed by atoms with E-state index in [9.17, 15) is 5.11 Å². The van der Waals surface area contributed by atoms with Crippen molar-refractivity contribution in [3.63, 3.8) is 0 Å². The molecule has 2 rings (SSSR count). The van der Waals surface area contributed by atoms with Crippen molar-refractivity contribution >= 4 is 0 Å². The molecule has 1 aliphatic rings. The van der Waals surface area contributed by atoms with Crippen LogP contribution in [0.3, 0.4) is 0 Å². The smallest absolute Gasteiger partial charge is 0.0902 e. The third kappa shape index (κ3) is 3.05. The lowest BCUT2D eigenvalue weighted by atomic mass is 9.94. The third-order valence-electron chi connectivity index (χ3n) is 3.03. The second-order valence-corrected chi connectivity index (χ2v) is 4.37. The zero-order valence-corrected chi connectivity index (χ0v) is 8.98. The van der Waals surface area contributed by atoms with Crippen LogP contribution in [-0.2, 0) is 11.2 Å². The molecule has 1 saturated heterocycles. The quantitative estimate of drug-likeness (QED) is 0.818. The molecule has 2 nitrogen and oxygen atoms in total. The minimum Gasteiger partial charge on any atom is -0.387 e. The molecule has 0 saturated carbocycles. The Bertz CT molecular complexity index is 289. The van der Waals surface area contributed by atoms with Crippen molar-refractivity contribution in [3.05, 3.63) is 35.9 Å². The van der Waals surface area contributed by atoms with Crippen LogP contribution in [0.25, 0.3) is 0 Å². The van der Waals surface area contributed by atoms with E-state index in [4.69, 9.17) is 4.74 Å². The summed E-state index contributed by atoms with van der Waals surface area (Å²) in [5.74, 6) is 0. The first-order chi connectivity index (χ1) is 7.29. The van der Waals surface area contributed by atoms with Crippen molar-refractivity contribution in [2.24, 2.45) is 0 Å². The summed E-state index contributed by atoms with van der Waals surface area (Å²) in [6.45, 7) is 1.23. The molecule has 1 aromatic carbocycles. The van der Waals surface area contributed by atoms with E-state index < -0.39 is 5.60 Å². The molecule has 2 heteroatoms. The fourth-order valence-corrected chi connectivity index (χ4v) is 2.06. The lowest BCUT2D eigenvalue weighted by molar-refractivity contribution is 0.0177. The number of aryl methyl sites for hydroxylation is 1. The largest absolute Gasteiger partial charge is 0.387 e. The summed E-state index contributed by atoms with van der Waals surface area (Å²) in [5.41, 5.74) is 0.800. The van der Waals surface area contributed by atoms with Gasteiger partial charge in [-0.25, -0.2) is 0 Å². The molecule has 1 N–H and O–H groups in total. The SMILES string of the molecule is OC1(CCCc2ccccc2)CCOC1. The highest BCUT2D eigenvalue weighted by atomic mass is 16.5. The fraction of sp³-hybridized carbons (Fsp3) is 0.538. The molecule has 0 spiro atoms. The lowest BCUT2D eigenvalue weighted by Gasteiger charge is -2.19. The van der Waals surface area contributed by atoms with Gasteiger partial charge >= 0.3 is 0 Å². The Morgan fingerprint density at radius 2 is 2.07 bits per heavy atom. The van der Waals surface area contributed by atoms with E-state index in [0.717, 1.165) is 25.7 Å². The number of benzene rings is 1. The van der Waals surface area contributed by atoms with Crippen molar-refractivity contribution in [3.8, 4) is 0 Å². The van der Waals surface area contributed by atoms with E-state index >= 15 is 0 Å². The highest BCUT2D eigenvalue weighted by Crippen LogP contribution is 2.24. The summed E-state index contributed by atoms with van der Waals surface area (Å²) in [5, 5.41) is 10.0. The predicted octanol–water partition coefficient (Wildman–Crippen LogP) is 2.16. The number of aliphatic hydroxyl groups is 1. The van der Waals surface area contributed by atoms with Crippen LogP contribution >= 0.6 is 0 Å². The highest BCUT2D eigenvalue weighted by Gasteiger charge is 2.31. The van der Waals surface area contributed by atoms with Crippen LogP contribution in [0.15, 0.2) is 30.3 Å². The molecule has 1 aliphatic heterocycles. The summed E-state index contributed by atoms with van der Waals surface area (Å²) in [4.78, 5) is 0. The number of hydrogen-bond donors (Lipinski definition) is 1. The van der Waals surface area contributed by atoms with Gasteiger partial charge in [-0.3, -0.25) is 0 Å². The summed E-state index contributed by atoms with van der Waals surface area (Å²) in [6, 6.07) is 10.4. The van der Waals surface area contributed by atoms with E-state index in [1.807, 2.05) is 6.07 Å². The molecule has 0 amide bonds. The van der Waals surface area contributed by atoms with Crippen molar-refractivity contribution in [1.82, 2.24) is 0 Å². The average molecular weight is 206 g/mol. The van der Waals surface area contributed by atoms with Gasteiger partial charge in [0, 0.05) is 13.0 Å². The topological polar surface area (TPSA) is 29.5 Å². The van der Waals surface area contributed by atoms with Gasteiger partial charge in [-0.05, 0) is 24.8 Å². The second kappa shape index (κ2) is 4.77. The van der Waals surface area contributed by atoms with Gasteiger partial charge < -0.3 is 9.84 Å². The molecule has 1 atom stereocenters. The maximum Gasteiger partial charge on any atom is 0.0902 e. The van der Waals surface area contributed by atoms with E-state index in [-0.39, 0.29) is 0 Å². The Kier molecular flexibility index (Phi) is 3.39. The zero-order valence-electron chi connectivity index (χ0n) is 8.98. The van der Waals surface area contributed by atoms with Crippen LogP contribution in [-0.4, -0.2) is 23.9 Å². The zero-order chi connectivity index (χ0) is 10.6. The Morgan fingerprint density at radius 1 is 1.27 bits per heavy atom. The van der Waals surface area contributed by atoms with Gasteiger partial charge in [0.05, 0.1) is 12.2 Å². The summed E-state index contributed by atoms with van der Waals surface area (Å²) < 4.78 is 5.21. The molecule has 1 aromatic rings. The first kappa shape index (κ1) is 10.7. The molecule has 0 aliphatic carbocycles. The van der Waals surface area contributed by atoms with Gasteiger partial charge in [-0.1, -0.05) is 30.3 Å². The summed E-state index contributed by atoms with van der Waals surface area (Å²) >= 11 is 0. The first-order valence-electron chi connectivity index (χ1n) is 5.63. The maximum atomic E-state index is 10.0. The molecule has 1 unspecified atom stereocenters. The van der Waals surface area contributed by atoms with Crippen LogP contribution in [0.1, 0.15) is 24.8 Å². The van der Waals surface area contributed by atoms with Crippen LogP contribution in [0.4, 0.5) is 0 Å². The van der Waals surface area contributed by atoms with E-state index in [2.05, 4.69) is 24.3 Å². The Balaban J connectivity index is 1.75. The average Bonchev–Trinajstić information content (AvgIpc) is 2.67. The van der Waals surface area contributed by atoms with Gasteiger partial charge in [0.1, 0.15) is 0 Å². The van der Waals surface area contributed by atoms with E-state index in [1.165, 1.54) is 5.56 Å². The predicted molar refractivity (Wildman–Crippen MR) is 59.8 cm³/mol. The maximum absolute atomic E-state index is 10.0. The molecule has 0 bridgehead atoms. The number of ether oxygens (including phenoxy) is 1. The van der Waals surface area contributed by atoms with Crippen molar-refractivity contribution in [2.75, 3.05) is 13.2 Å². The summed E-state index contributed by atoms with van der Waals surface area (Å²) in [7, 11) is 0. The molecular weight excluding hydrogens is 188 g/mol. The van der Waals surface area contributed by atoms with Crippen LogP contribution in [0, 0.1) is 0 Å². The molecular formula is C13H18O2. The fourth-order valence-electron chi connectivity index (χ4n) is 2.06. The summed E-state index contributed by atoms with van der Waals surface area (Å²) in [6.07, 6.45) is 3.72. The van der Waals surface area contributed by atoms with Crippen LogP contribution in [0.2, 0.25) is 0 Å². The molecule has 1 fully saturated rings. The van der Waals surface area contributed by atoms with Gasteiger partial charge in [0.25, 0.3) is 0 Å². The van der Waals surface area contributed by atoms with Crippen molar-refractivity contribution in [1.29, 1.82) is 0 Å². The lowest BCUT2D eigenvalue weighted by Crippen LogP contribution is -2.28. The molecule has 82 valence electrons. The van der Waals surface area contributed by atoms with Crippen LogP contribution in [0.5, 0.6) is 0 Å². The highest BCUT2D eigenvalue weighted by molar-refractivity contribution is 5.14.